The Hall–Kier alpha value is -2.27. The number of carbonyl (C=O) groups is 1. The lowest BCUT2D eigenvalue weighted by Crippen LogP contribution is -1.96. The maximum Gasteiger partial charge on any atom is 0.339 e. The molecule has 0 aliphatic heterocycles. The van der Waals surface area contributed by atoms with Crippen LogP contribution in [0.2, 0.25) is 0 Å². The predicted octanol–water partition coefficient (Wildman–Crippen LogP) is 5.32. The van der Waals surface area contributed by atoms with Gasteiger partial charge in [-0.1, -0.05) is 31.7 Å². The average molecular weight is 329 g/mol. The van der Waals surface area contributed by atoms with Crippen molar-refractivity contribution < 1.29 is 14.3 Å². The van der Waals surface area contributed by atoms with Gasteiger partial charge in [-0.05, 0) is 44.2 Å². The maximum atomic E-state index is 11.3. The van der Waals surface area contributed by atoms with Gasteiger partial charge in [0.25, 0.3) is 0 Å². The van der Waals surface area contributed by atoms with Crippen LogP contribution in [0.3, 0.4) is 0 Å². The number of aromatic carboxylic acids is 1. The highest BCUT2D eigenvalue weighted by Gasteiger charge is 2.17. The van der Waals surface area contributed by atoms with E-state index in [1.54, 1.807) is 13.0 Å². The van der Waals surface area contributed by atoms with Gasteiger partial charge in [0, 0.05) is 16.0 Å². The number of rotatable bonds is 3. The van der Waals surface area contributed by atoms with Crippen LogP contribution in [0, 0.1) is 13.8 Å². The first-order valence-corrected chi connectivity index (χ1v) is 8.24. The molecule has 0 fully saturated rings. The quantitative estimate of drug-likeness (QED) is 0.704. The molecule has 2 aromatic heterocycles. The fourth-order valence-corrected chi connectivity index (χ4v) is 3.11. The first-order chi connectivity index (χ1) is 11.0. The van der Waals surface area contributed by atoms with Gasteiger partial charge in [0.15, 0.2) is 0 Å². The zero-order chi connectivity index (χ0) is 17.0. The van der Waals surface area contributed by atoms with Crippen molar-refractivity contribution in [1.29, 1.82) is 0 Å². The van der Waals surface area contributed by atoms with Crippen molar-refractivity contribution in [2.24, 2.45) is 0 Å². The van der Waals surface area contributed by atoms with E-state index in [0.29, 0.717) is 16.7 Å². The van der Waals surface area contributed by atoms with Gasteiger partial charge in [-0.2, -0.15) is 0 Å². The summed E-state index contributed by atoms with van der Waals surface area (Å²) in [4.78, 5) is 16.7. The number of hydrogen-bond acceptors (Lipinski definition) is 4. The van der Waals surface area contributed by atoms with Crippen LogP contribution in [0.4, 0.5) is 0 Å². The Kier molecular flexibility index (Phi) is 5.45. The van der Waals surface area contributed by atoms with E-state index < -0.39 is 5.97 Å². The van der Waals surface area contributed by atoms with E-state index in [-0.39, 0.29) is 5.56 Å². The van der Waals surface area contributed by atoms with Gasteiger partial charge in [-0.25, -0.2) is 9.78 Å². The minimum atomic E-state index is -0.970. The molecule has 120 valence electrons. The maximum absolute atomic E-state index is 11.3. The lowest BCUT2D eigenvalue weighted by molar-refractivity contribution is 0.0697. The van der Waals surface area contributed by atoms with Crippen molar-refractivity contribution in [3.8, 4) is 0 Å². The third-order valence-electron chi connectivity index (χ3n) is 3.13. The van der Waals surface area contributed by atoms with Crippen LogP contribution in [0.25, 0.3) is 11.0 Å². The molecule has 0 saturated carbocycles. The predicted molar refractivity (Wildman–Crippen MR) is 92.4 cm³/mol. The Bertz CT molecular complexity index is 839. The monoisotopic (exact) mass is 329 g/mol. The first kappa shape index (κ1) is 17.1. The van der Waals surface area contributed by atoms with Gasteiger partial charge in [-0.3, -0.25) is 0 Å². The number of carboxylic acids is 1. The van der Waals surface area contributed by atoms with Gasteiger partial charge >= 0.3 is 5.97 Å². The number of hydrogen-bond donors (Lipinski definition) is 1. The van der Waals surface area contributed by atoms with Crippen LogP contribution in [0.1, 0.15) is 35.7 Å². The largest absolute Gasteiger partial charge is 0.478 e. The lowest BCUT2D eigenvalue weighted by Gasteiger charge is -2.02. The summed E-state index contributed by atoms with van der Waals surface area (Å²) in [6.07, 6.45) is 0. The number of aryl methyl sites for hydroxylation is 2. The molecule has 0 spiro atoms. The Morgan fingerprint density at radius 3 is 2.57 bits per heavy atom. The van der Waals surface area contributed by atoms with Crippen LogP contribution >= 0.6 is 11.8 Å². The number of carboxylic acid groups (broad SMARTS) is 1. The highest BCUT2D eigenvalue weighted by molar-refractivity contribution is 7.99. The summed E-state index contributed by atoms with van der Waals surface area (Å²) >= 11 is 1.50. The van der Waals surface area contributed by atoms with E-state index in [1.165, 1.54) is 11.8 Å². The number of furan rings is 1. The fourth-order valence-electron chi connectivity index (χ4n) is 2.22. The second kappa shape index (κ2) is 7.33. The third-order valence-corrected chi connectivity index (χ3v) is 4.06. The molecule has 3 aromatic rings. The minimum Gasteiger partial charge on any atom is -0.478 e. The third kappa shape index (κ3) is 3.74. The van der Waals surface area contributed by atoms with Gasteiger partial charge < -0.3 is 9.52 Å². The number of fused-ring (bicyclic) bond motifs is 1. The van der Waals surface area contributed by atoms with Crippen molar-refractivity contribution >= 4 is 28.7 Å². The molecular formula is C18H19NO3S. The van der Waals surface area contributed by atoms with E-state index in [1.807, 2.05) is 51.1 Å². The van der Waals surface area contributed by atoms with Crippen LogP contribution in [0.5, 0.6) is 0 Å². The van der Waals surface area contributed by atoms with Crippen molar-refractivity contribution in [3.63, 3.8) is 0 Å². The molecule has 2 heterocycles. The summed E-state index contributed by atoms with van der Waals surface area (Å²) in [6, 6.07) is 11.4. The first-order valence-electron chi connectivity index (χ1n) is 7.42. The summed E-state index contributed by atoms with van der Waals surface area (Å²) in [6.45, 7) is 7.60. The Labute approximate surface area is 139 Å². The van der Waals surface area contributed by atoms with E-state index >= 15 is 0 Å². The smallest absolute Gasteiger partial charge is 0.339 e. The molecule has 4 nitrogen and oxygen atoms in total. The Morgan fingerprint density at radius 1 is 1.17 bits per heavy atom. The molecule has 1 N–H and O–H groups in total. The van der Waals surface area contributed by atoms with Gasteiger partial charge in [0.05, 0.1) is 0 Å². The number of aromatic nitrogens is 1. The van der Waals surface area contributed by atoms with Crippen molar-refractivity contribution in [1.82, 2.24) is 4.98 Å². The molecule has 0 bridgehead atoms. The standard InChI is InChI=1S/C16H13NO3S.C2H6/c1-9-4-3-5-14(17-9)21-11-6-7-13-12(8-11)15(16(18)19)10(2)20-13;1-2/h3-8H,1-2H3,(H,18,19);1-2H3. The lowest BCUT2D eigenvalue weighted by atomic mass is 10.1. The molecular weight excluding hydrogens is 310 g/mol. The average Bonchev–Trinajstić information content (AvgIpc) is 2.84. The number of pyridine rings is 1. The molecule has 3 rings (SSSR count). The number of benzene rings is 1. The van der Waals surface area contributed by atoms with Crippen LogP contribution < -0.4 is 0 Å². The molecule has 0 aliphatic rings. The van der Waals surface area contributed by atoms with Crippen LogP contribution in [-0.2, 0) is 0 Å². The van der Waals surface area contributed by atoms with E-state index in [9.17, 15) is 9.90 Å². The summed E-state index contributed by atoms with van der Waals surface area (Å²) < 4.78 is 5.48. The second-order valence-corrected chi connectivity index (χ2v) is 5.81. The molecule has 0 atom stereocenters. The summed E-state index contributed by atoms with van der Waals surface area (Å²) in [5.74, 6) is -0.546. The second-order valence-electron chi connectivity index (χ2n) is 4.72. The normalized spacial score (nSPS) is 10.3. The molecule has 1 aromatic carbocycles. The highest BCUT2D eigenvalue weighted by Crippen LogP contribution is 2.32. The zero-order valence-corrected chi connectivity index (χ0v) is 14.4. The zero-order valence-electron chi connectivity index (χ0n) is 13.6. The minimum absolute atomic E-state index is 0.227. The van der Waals surface area contributed by atoms with Crippen LogP contribution in [0.15, 0.2) is 50.7 Å². The molecule has 23 heavy (non-hydrogen) atoms. The van der Waals surface area contributed by atoms with Gasteiger partial charge in [0.1, 0.15) is 21.9 Å². The van der Waals surface area contributed by atoms with E-state index in [4.69, 9.17) is 4.42 Å². The molecule has 0 amide bonds. The SMILES string of the molecule is CC.Cc1cccc(Sc2ccc3oc(C)c(C(=O)O)c3c2)n1. The number of nitrogens with zero attached hydrogens (tertiary/aromatic N) is 1. The molecule has 0 saturated heterocycles. The van der Waals surface area contributed by atoms with Crippen molar-refractivity contribution in [3.05, 3.63) is 53.4 Å². The Balaban J connectivity index is 0.000000924. The van der Waals surface area contributed by atoms with E-state index in [2.05, 4.69) is 4.98 Å². The summed E-state index contributed by atoms with van der Waals surface area (Å²) in [5.41, 5.74) is 1.77. The van der Waals surface area contributed by atoms with Crippen LogP contribution in [-0.4, -0.2) is 16.1 Å². The molecule has 0 aliphatic carbocycles. The van der Waals surface area contributed by atoms with Gasteiger partial charge in [-0.15, -0.1) is 0 Å². The Morgan fingerprint density at radius 2 is 1.91 bits per heavy atom. The summed E-state index contributed by atoms with van der Waals surface area (Å²) in [5, 5.41) is 10.8. The van der Waals surface area contributed by atoms with Gasteiger partial charge in [0.2, 0.25) is 0 Å². The summed E-state index contributed by atoms with van der Waals surface area (Å²) in [7, 11) is 0. The molecule has 0 unspecified atom stereocenters. The van der Waals surface area contributed by atoms with Crippen molar-refractivity contribution in [2.45, 2.75) is 37.6 Å². The molecule has 0 radical (unpaired) electrons. The topological polar surface area (TPSA) is 63.3 Å². The highest BCUT2D eigenvalue weighted by atomic mass is 32.2. The fraction of sp³-hybridized carbons (Fsp3) is 0.222. The van der Waals surface area contributed by atoms with E-state index in [0.717, 1.165) is 15.6 Å². The molecule has 5 heteroatoms. The van der Waals surface area contributed by atoms with Crippen molar-refractivity contribution in [2.75, 3.05) is 0 Å².